The minimum Gasteiger partial charge on any atom is -0.392 e. The zero-order valence-electron chi connectivity index (χ0n) is 18.2. The minimum atomic E-state index is -1.42. The largest absolute Gasteiger partial charge is 0.392 e. The number of hydrogen-bond acceptors (Lipinski definition) is 3. The summed E-state index contributed by atoms with van der Waals surface area (Å²) in [5, 5.41) is 11.0. The molecule has 0 radical (unpaired) electrons. The average molecular weight is 521 g/mol. The Morgan fingerprint density at radius 3 is 2.55 bits per heavy atom. The lowest BCUT2D eigenvalue weighted by Gasteiger charge is -2.26. The maximum absolute atomic E-state index is 13.6. The molecular formula is C26H27Cl2NO2S2. The van der Waals surface area contributed by atoms with Crippen molar-refractivity contribution in [1.29, 1.82) is 0 Å². The Bertz CT molecular complexity index is 1030. The molecule has 1 N–H and O–H groups in total. The van der Waals surface area contributed by atoms with E-state index in [2.05, 4.69) is 25.0 Å². The predicted molar refractivity (Wildman–Crippen MR) is 145 cm³/mol. The van der Waals surface area contributed by atoms with Gasteiger partial charge >= 0.3 is 0 Å². The molecule has 0 aliphatic heterocycles. The molecule has 33 heavy (non-hydrogen) atoms. The molecule has 0 saturated heterocycles. The van der Waals surface area contributed by atoms with E-state index in [1.807, 2.05) is 52.5 Å². The van der Waals surface area contributed by atoms with Crippen LogP contribution in [0.5, 0.6) is 0 Å². The van der Waals surface area contributed by atoms with Crippen LogP contribution in [0, 0.1) is 12.8 Å². The molecule has 0 fully saturated rings. The van der Waals surface area contributed by atoms with Gasteiger partial charge in [-0.1, -0.05) is 53.5 Å². The van der Waals surface area contributed by atoms with Crippen molar-refractivity contribution in [3.8, 4) is 12.8 Å². The van der Waals surface area contributed by atoms with E-state index in [0.717, 1.165) is 23.5 Å². The second-order valence-electron chi connectivity index (χ2n) is 6.94. The first-order valence-electron chi connectivity index (χ1n) is 10.4. The lowest BCUT2D eigenvalue weighted by Crippen LogP contribution is -2.29. The van der Waals surface area contributed by atoms with Gasteiger partial charge in [0.2, 0.25) is 0 Å². The number of nitrogens with zero attached hydrogens (tertiary/aromatic N) is 1. The fourth-order valence-corrected chi connectivity index (χ4v) is 5.72. The highest BCUT2D eigenvalue weighted by molar-refractivity contribution is 7.99. The second kappa shape index (κ2) is 15.1. The van der Waals surface area contributed by atoms with Crippen molar-refractivity contribution in [2.45, 2.75) is 30.8 Å². The summed E-state index contributed by atoms with van der Waals surface area (Å²) in [6.07, 6.45) is 17.7. The van der Waals surface area contributed by atoms with Crippen molar-refractivity contribution >= 4 is 51.6 Å². The molecule has 0 saturated carbocycles. The highest BCUT2D eigenvalue weighted by atomic mass is 35.5. The van der Waals surface area contributed by atoms with Crippen LogP contribution >= 0.6 is 35.0 Å². The molecule has 1 atom stereocenters. The summed E-state index contributed by atoms with van der Waals surface area (Å²) in [4.78, 5) is 2.01. The molecule has 7 heteroatoms. The molecule has 2 aromatic rings. The second-order valence-corrected chi connectivity index (χ2v) is 10.4. The number of anilines is 1. The summed E-state index contributed by atoms with van der Waals surface area (Å²) in [6.45, 7) is 0.447. The third-order valence-electron chi connectivity index (χ3n) is 4.70. The Labute approximate surface area is 213 Å². The van der Waals surface area contributed by atoms with Crippen LogP contribution in [0.25, 0.3) is 0 Å². The van der Waals surface area contributed by atoms with Crippen molar-refractivity contribution in [2.24, 2.45) is 0 Å². The monoisotopic (exact) mass is 519 g/mol. The molecule has 0 heterocycles. The van der Waals surface area contributed by atoms with Crippen LogP contribution in [-0.4, -0.2) is 21.6 Å². The van der Waals surface area contributed by atoms with Gasteiger partial charge in [-0.15, -0.1) is 24.6 Å². The van der Waals surface area contributed by atoms with Crippen molar-refractivity contribution in [3.63, 3.8) is 0 Å². The Kier molecular flexibility index (Phi) is 12.5. The smallest absolute Gasteiger partial charge is 0.149 e. The van der Waals surface area contributed by atoms with E-state index in [9.17, 15) is 9.32 Å². The third kappa shape index (κ3) is 8.73. The molecular weight excluding hydrogens is 493 g/mol. The Morgan fingerprint density at radius 1 is 1.06 bits per heavy atom. The number of rotatable bonds is 10. The van der Waals surface area contributed by atoms with E-state index in [1.165, 1.54) is 4.90 Å². The van der Waals surface area contributed by atoms with Gasteiger partial charge in [-0.05, 0) is 61.1 Å². The van der Waals surface area contributed by atoms with Crippen molar-refractivity contribution in [3.05, 3.63) is 93.4 Å². The molecule has 2 aromatic carbocycles. The Hall–Kier alpha value is -1.94. The standard InChI is InChI=1S/C24H25Cl2NO2S2.C2H2/c25-20-7-6-10-23(14-13-20)31(29)27(24-17-21(26)12-11-19(24)18-28)15-4-5-16-30-22-8-2-1-3-9-22;1-2/h1-3,6-9,11-14,17,28H,4-5,10,15-16,18H2;1-2H. The topological polar surface area (TPSA) is 40.5 Å². The zero-order valence-corrected chi connectivity index (χ0v) is 21.3. The molecule has 0 bridgehead atoms. The van der Waals surface area contributed by atoms with Gasteiger partial charge in [0.05, 0.1) is 12.3 Å². The molecule has 1 aliphatic rings. The summed E-state index contributed by atoms with van der Waals surface area (Å²) in [6, 6.07) is 15.6. The molecule has 0 spiro atoms. The number of unbranched alkanes of at least 4 members (excludes halogenated alkanes) is 1. The number of terminal acetylenes is 1. The quantitative estimate of drug-likeness (QED) is 0.207. The highest BCUT2D eigenvalue weighted by Gasteiger charge is 2.21. The van der Waals surface area contributed by atoms with E-state index in [-0.39, 0.29) is 6.61 Å². The van der Waals surface area contributed by atoms with Crippen molar-refractivity contribution in [1.82, 2.24) is 0 Å². The van der Waals surface area contributed by atoms with Crippen LogP contribution < -0.4 is 4.31 Å². The molecule has 174 valence electrons. The molecule has 3 rings (SSSR count). The van der Waals surface area contributed by atoms with Gasteiger partial charge in [0.15, 0.2) is 0 Å². The fourth-order valence-electron chi connectivity index (χ4n) is 3.11. The predicted octanol–water partition coefficient (Wildman–Crippen LogP) is 7.09. The van der Waals surface area contributed by atoms with Gasteiger partial charge in [0, 0.05) is 38.4 Å². The lowest BCUT2D eigenvalue weighted by molar-refractivity contribution is 0.282. The van der Waals surface area contributed by atoms with Crippen molar-refractivity contribution < 1.29 is 9.32 Å². The average Bonchev–Trinajstić information content (AvgIpc) is 3.07. The minimum absolute atomic E-state index is 0.144. The molecule has 0 aromatic heterocycles. The van der Waals surface area contributed by atoms with E-state index < -0.39 is 11.0 Å². The highest BCUT2D eigenvalue weighted by Crippen LogP contribution is 2.30. The SMILES string of the molecule is C#C.O=S(C1=CC=C(Cl)C=CC1)N(CCCCSc1ccccc1)c1cc(Cl)ccc1CO. The Morgan fingerprint density at radius 2 is 1.82 bits per heavy atom. The third-order valence-corrected chi connectivity index (χ3v) is 7.82. The van der Waals surface area contributed by atoms with Crippen LogP contribution in [0.15, 0.2) is 87.7 Å². The van der Waals surface area contributed by atoms with Gasteiger partial charge in [-0.25, -0.2) is 4.21 Å². The normalized spacial score (nSPS) is 13.7. The number of halogens is 2. The number of hydrogen-bond donors (Lipinski definition) is 1. The summed E-state index contributed by atoms with van der Waals surface area (Å²) in [7, 11) is -1.42. The molecule has 3 nitrogen and oxygen atoms in total. The van der Waals surface area contributed by atoms with Crippen LogP contribution in [0.1, 0.15) is 24.8 Å². The van der Waals surface area contributed by atoms with E-state index in [0.29, 0.717) is 34.3 Å². The first kappa shape index (κ1) is 27.3. The maximum Gasteiger partial charge on any atom is 0.149 e. The van der Waals surface area contributed by atoms with Crippen LogP contribution in [0.4, 0.5) is 5.69 Å². The zero-order chi connectivity index (χ0) is 24.1. The van der Waals surface area contributed by atoms with E-state index >= 15 is 0 Å². The number of thioether (sulfide) groups is 1. The molecule has 1 aliphatic carbocycles. The van der Waals surface area contributed by atoms with Gasteiger partial charge in [-0.2, -0.15) is 0 Å². The summed E-state index contributed by atoms with van der Waals surface area (Å²) >= 11 is 14.2. The molecule has 1 unspecified atom stereocenters. The van der Waals surface area contributed by atoms with Crippen LogP contribution in [0.2, 0.25) is 5.02 Å². The van der Waals surface area contributed by atoms with Crippen LogP contribution in [-0.2, 0) is 17.6 Å². The summed E-state index contributed by atoms with van der Waals surface area (Å²) < 4.78 is 15.4. The number of allylic oxidation sites excluding steroid dienone is 6. The lowest BCUT2D eigenvalue weighted by atomic mass is 10.2. The van der Waals surface area contributed by atoms with E-state index in [1.54, 1.807) is 24.3 Å². The molecule has 0 amide bonds. The number of aliphatic hydroxyl groups excluding tert-OH is 1. The van der Waals surface area contributed by atoms with Gasteiger partial charge in [0.25, 0.3) is 0 Å². The van der Waals surface area contributed by atoms with Gasteiger partial charge in [-0.3, -0.25) is 4.31 Å². The first-order valence-corrected chi connectivity index (χ1v) is 13.3. The van der Waals surface area contributed by atoms with Gasteiger partial charge in [0.1, 0.15) is 11.0 Å². The summed E-state index contributed by atoms with van der Waals surface area (Å²) in [5.74, 6) is 0.983. The summed E-state index contributed by atoms with van der Waals surface area (Å²) in [5.41, 5.74) is 1.41. The van der Waals surface area contributed by atoms with Crippen LogP contribution in [0.3, 0.4) is 0 Å². The maximum atomic E-state index is 13.6. The number of benzene rings is 2. The number of aliphatic hydroxyl groups is 1. The van der Waals surface area contributed by atoms with Gasteiger partial charge < -0.3 is 5.11 Å². The fraction of sp³-hybridized carbons (Fsp3) is 0.231. The first-order chi connectivity index (χ1) is 16.1. The van der Waals surface area contributed by atoms with E-state index in [4.69, 9.17) is 23.2 Å². The Balaban J connectivity index is 0.00000187. The van der Waals surface area contributed by atoms with Crippen molar-refractivity contribution in [2.75, 3.05) is 16.6 Å².